The van der Waals surface area contributed by atoms with E-state index >= 15 is 0 Å². The average Bonchev–Trinajstić information content (AvgIpc) is 3.00. The molecule has 2 N–H and O–H groups in total. The van der Waals surface area contributed by atoms with E-state index in [1.54, 1.807) is 6.20 Å². The highest BCUT2D eigenvalue weighted by Gasteiger charge is 2.21. The van der Waals surface area contributed by atoms with Gasteiger partial charge in [0.25, 0.3) is 5.91 Å². The quantitative estimate of drug-likeness (QED) is 0.778. The molecule has 1 aromatic carbocycles. The monoisotopic (exact) mass is 308 g/mol. The molecule has 0 spiro atoms. The van der Waals surface area contributed by atoms with Crippen LogP contribution in [0.1, 0.15) is 23.0 Å². The summed E-state index contributed by atoms with van der Waals surface area (Å²) < 4.78 is 5.46. The smallest absolute Gasteiger partial charge is 0.253 e. The van der Waals surface area contributed by atoms with E-state index in [1.165, 1.54) is 0 Å². The number of para-hydroxylation sites is 1. The van der Waals surface area contributed by atoms with Gasteiger partial charge in [-0.2, -0.15) is 0 Å². The molecule has 6 nitrogen and oxygen atoms in total. The molecule has 0 fully saturated rings. The molecule has 116 valence electrons. The lowest BCUT2D eigenvalue weighted by Crippen LogP contribution is -2.31. The lowest BCUT2D eigenvalue weighted by molar-refractivity contribution is 0.0946. The van der Waals surface area contributed by atoms with E-state index in [0.29, 0.717) is 24.6 Å². The van der Waals surface area contributed by atoms with Crippen LogP contribution in [0, 0.1) is 0 Å². The predicted molar refractivity (Wildman–Crippen MR) is 86.5 cm³/mol. The van der Waals surface area contributed by atoms with Crippen molar-refractivity contribution in [2.75, 3.05) is 13.2 Å². The number of nitrogens with one attached hydrogen (secondary N) is 2. The third kappa shape index (κ3) is 2.32. The highest BCUT2D eigenvalue weighted by molar-refractivity contribution is 5.99. The minimum atomic E-state index is -0.0323. The fraction of sp³-hybridized carbons (Fsp3) is 0.235. The first-order valence-electron chi connectivity index (χ1n) is 7.65. The Morgan fingerprint density at radius 1 is 1.30 bits per heavy atom. The first-order valence-corrected chi connectivity index (χ1v) is 7.65. The molecule has 23 heavy (non-hydrogen) atoms. The number of carbonyl (C=O) groups excluding carboxylic acids is 1. The normalized spacial score (nSPS) is 13.7. The van der Waals surface area contributed by atoms with Crippen LogP contribution in [0.15, 0.2) is 30.5 Å². The number of nitrogens with zero attached hydrogens (tertiary/aromatic N) is 2. The van der Waals surface area contributed by atoms with Crippen LogP contribution in [-0.2, 0) is 6.42 Å². The van der Waals surface area contributed by atoms with Gasteiger partial charge in [-0.25, -0.2) is 9.97 Å². The van der Waals surface area contributed by atoms with Crippen molar-refractivity contribution >= 4 is 16.9 Å². The number of hydrogen-bond acceptors (Lipinski definition) is 4. The minimum absolute atomic E-state index is 0.0323. The number of rotatable bonds is 3. The van der Waals surface area contributed by atoms with Crippen LogP contribution in [0.5, 0.6) is 5.88 Å². The SMILES string of the molecule is CCOc1cnc2cccc(-c3cc4c([nH]3)CCNC4=O)c2n1. The topological polar surface area (TPSA) is 79.9 Å². The maximum absolute atomic E-state index is 12.0. The van der Waals surface area contributed by atoms with E-state index in [2.05, 4.69) is 20.3 Å². The average molecular weight is 308 g/mol. The second-order valence-corrected chi connectivity index (χ2v) is 5.40. The third-order valence-corrected chi connectivity index (χ3v) is 3.94. The van der Waals surface area contributed by atoms with Crippen LogP contribution >= 0.6 is 0 Å². The van der Waals surface area contributed by atoms with Crippen molar-refractivity contribution < 1.29 is 9.53 Å². The Morgan fingerprint density at radius 2 is 2.22 bits per heavy atom. The summed E-state index contributed by atoms with van der Waals surface area (Å²) in [6.45, 7) is 3.12. The summed E-state index contributed by atoms with van der Waals surface area (Å²) in [4.78, 5) is 24.3. The molecule has 0 atom stereocenters. The van der Waals surface area contributed by atoms with Crippen LogP contribution in [0.2, 0.25) is 0 Å². The second-order valence-electron chi connectivity index (χ2n) is 5.40. The lowest BCUT2D eigenvalue weighted by Gasteiger charge is -2.11. The Hall–Kier alpha value is -2.89. The molecule has 0 saturated heterocycles. The summed E-state index contributed by atoms with van der Waals surface area (Å²) in [6, 6.07) is 7.71. The van der Waals surface area contributed by atoms with E-state index < -0.39 is 0 Å². The van der Waals surface area contributed by atoms with Gasteiger partial charge in [0.05, 0.1) is 23.9 Å². The standard InChI is InChI=1S/C17H16N4O2/c1-2-23-15-9-19-13-5-3-4-10(16(13)21-15)14-8-11-12(20-14)6-7-18-17(11)22/h3-5,8-9,20H,2,6-7H2,1H3,(H,18,22). The highest BCUT2D eigenvalue weighted by Crippen LogP contribution is 2.29. The fourth-order valence-corrected chi connectivity index (χ4v) is 2.89. The largest absolute Gasteiger partial charge is 0.477 e. The zero-order valence-electron chi connectivity index (χ0n) is 12.7. The van der Waals surface area contributed by atoms with Gasteiger partial charge in [0.2, 0.25) is 5.88 Å². The van der Waals surface area contributed by atoms with Crippen molar-refractivity contribution in [3.8, 4) is 17.1 Å². The van der Waals surface area contributed by atoms with Crippen molar-refractivity contribution in [1.82, 2.24) is 20.3 Å². The molecule has 0 saturated carbocycles. The summed E-state index contributed by atoms with van der Waals surface area (Å²) in [6.07, 6.45) is 2.44. The Morgan fingerprint density at radius 3 is 3.04 bits per heavy atom. The summed E-state index contributed by atoms with van der Waals surface area (Å²) in [7, 11) is 0. The lowest BCUT2D eigenvalue weighted by atomic mass is 10.1. The highest BCUT2D eigenvalue weighted by atomic mass is 16.5. The maximum Gasteiger partial charge on any atom is 0.253 e. The molecular formula is C17H16N4O2. The molecule has 1 aliphatic rings. The first-order chi connectivity index (χ1) is 11.3. The van der Waals surface area contributed by atoms with Crippen molar-refractivity contribution in [1.29, 1.82) is 0 Å². The molecule has 1 aliphatic heterocycles. The molecule has 3 heterocycles. The number of ether oxygens (including phenoxy) is 1. The molecule has 4 rings (SSSR count). The molecule has 6 heteroatoms. The molecule has 1 amide bonds. The van der Waals surface area contributed by atoms with Crippen LogP contribution in [0.4, 0.5) is 0 Å². The first kappa shape index (κ1) is 13.8. The van der Waals surface area contributed by atoms with Gasteiger partial charge in [0.1, 0.15) is 5.52 Å². The van der Waals surface area contributed by atoms with Gasteiger partial charge in [-0.1, -0.05) is 12.1 Å². The van der Waals surface area contributed by atoms with Crippen LogP contribution < -0.4 is 10.1 Å². The van der Waals surface area contributed by atoms with Crippen molar-refractivity contribution in [3.05, 3.63) is 41.7 Å². The molecule has 3 aromatic rings. The van der Waals surface area contributed by atoms with Gasteiger partial charge in [-0.15, -0.1) is 0 Å². The summed E-state index contributed by atoms with van der Waals surface area (Å²) in [5, 5.41) is 2.86. The molecular weight excluding hydrogens is 292 g/mol. The Balaban J connectivity index is 1.88. The van der Waals surface area contributed by atoms with Gasteiger partial charge in [0.15, 0.2) is 0 Å². The molecule has 0 aliphatic carbocycles. The van der Waals surface area contributed by atoms with Crippen LogP contribution in [0.25, 0.3) is 22.3 Å². The molecule has 0 unspecified atom stereocenters. The van der Waals surface area contributed by atoms with E-state index in [0.717, 1.165) is 34.4 Å². The third-order valence-electron chi connectivity index (χ3n) is 3.94. The predicted octanol–water partition coefficient (Wildman–Crippen LogP) is 2.31. The van der Waals surface area contributed by atoms with Crippen molar-refractivity contribution in [3.63, 3.8) is 0 Å². The fourth-order valence-electron chi connectivity index (χ4n) is 2.89. The second kappa shape index (κ2) is 5.39. The van der Waals surface area contributed by atoms with Gasteiger partial charge < -0.3 is 15.0 Å². The van der Waals surface area contributed by atoms with E-state index in [4.69, 9.17) is 4.74 Å². The summed E-state index contributed by atoms with van der Waals surface area (Å²) >= 11 is 0. The maximum atomic E-state index is 12.0. The van der Waals surface area contributed by atoms with Gasteiger partial charge in [-0.3, -0.25) is 4.79 Å². The van der Waals surface area contributed by atoms with Gasteiger partial charge in [0, 0.05) is 29.9 Å². The number of aromatic amines is 1. The van der Waals surface area contributed by atoms with Crippen molar-refractivity contribution in [2.45, 2.75) is 13.3 Å². The van der Waals surface area contributed by atoms with Crippen LogP contribution in [-0.4, -0.2) is 34.0 Å². The number of benzene rings is 1. The zero-order valence-corrected chi connectivity index (χ0v) is 12.7. The van der Waals surface area contributed by atoms with Gasteiger partial charge in [-0.05, 0) is 19.1 Å². The van der Waals surface area contributed by atoms with E-state index in [9.17, 15) is 4.79 Å². The molecule has 0 bridgehead atoms. The number of fused-ring (bicyclic) bond motifs is 2. The Labute approximate surface area is 132 Å². The zero-order chi connectivity index (χ0) is 15.8. The molecule has 2 aromatic heterocycles. The molecule has 0 radical (unpaired) electrons. The van der Waals surface area contributed by atoms with Gasteiger partial charge >= 0.3 is 0 Å². The summed E-state index contributed by atoms with van der Waals surface area (Å²) in [5.41, 5.74) is 5.02. The number of H-pyrrole nitrogens is 1. The van der Waals surface area contributed by atoms with Crippen molar-refractivity contribution in [2.24, 2.45) is 0 Å². The minimum Gasteiger partial charge on any atom is -0.477 e. The number of hydrogen-bond donors (Lipinski definition) is 2. The summed E-state index contributed by atoms with van der Waals surface area (Å²) in [5.74, 6) is 0.469. The number of aromatic nitrogens is 3. The Kier molecular flexibility index (Phi) is 3.22. The number of carbonyl (C=O) groups is 1. The van der Waals surface area contributed by atoms with Crippen LogP contribution in [0.3, 0.4) is 0 Å². The Bertz CT molecular complexity index is 901. The van der Waals surface area contributed by atoms with E-state index in [-0.39, 0.29) is 5.91 Å². The number of amides is 1. The van der Waals surface area contributed by atoms with E-state index in [1.807, 2.05) is 31.2 Å².